The summed E-state index contributed by atoms with van der Waals surface area (Å²) in [6, 6.07) is 18.2. The van der Waals surface area contributed by atoms with Gasteiger partial charge in [-0.05, 0) is 80.6 Å². The molecule has 3 rings (SSSR count). The molecule has 0 bridgehead atoms. The summed E-state index contributed by atoms with van der Waals surface area (Å²) in [6.45, 7) is 9.66. The molecule has 0 aliphatic heterocycles. The summed E-state index contributed by atoms with van der Waals surface area (Å²) in [5.41, 5.74) is 3.86. The summed E-state index contributed by atoms with van der Waals surface area (Å²) < 4.78 is 29.2. The molecule has 220 valence electrons. The number of benzene rings is 3. The summed E-state index contributed by atoms with van der Waals surface area (Å²) in [5, 5.41) is 3.40. The predicted molar refractivity (Wildman–Crippen MR) is 166 cm³/mol. The molecule has 0 spiro atoms. The molecule has 41 heavy (non-hydrogen) atoms. The number of anilines is 1. The maximum atomic E-state index is 14.2. The van der Waals surface area contributed by atoms with Crippen LogP contribution in [-0.2, 0) is 26.2 Å². The number of amides is 2. The highest BCUT2D eigenvalue weighted by Crippen LogP contribution is 2.27. The van der Waals surface area contributed by atoms with Gasteiger partial charge >= 0.3 is 0 Å². The van der Waals surface area contributed by atoms with Crippen molar-refractivity contribution in [2.45, 2.75) is 71.4 Å². The van der Waals surface area contributed by atoms with Crippen LogP contribution in [0, 0.1) is 20.8 Å². The number of nitrogens with one attached hydrogen (secondary N) is 1. The highest BCUT2D eigenvalue weighted by atomic mass is 35.5. The van der Waals surface area contributed by atoms with Crippen LogP contribution in [0.1, 0.15) is 55.4 Å². The standard InChI is InChI=1S/C32H40ClN3O4S/c1-6-8-19-34-32(38)30(7-2)35(21-26-11-9-10-12-29(26)33)31(37)22-36(27-16-15-24(4)25(5)20-27)41(39,40)28-17-13-23(3)14-18-28/h9-18,20,30H,6-8,19,21-22H2,1-5H3,(H,34,38)/t30-/m0/s1. The van der Waals surface area contributed by atoms with E-state index < -0.39 is 28.5 Å². The fourth-order valence-electron chi connectivity index (χ4n) is 4.48. The van der Waals surface area contributed by atoms with Crippen molar-refractivity contribution in [1.82, 2.24) is 10.2 Å². The van der Waals surface area contributed by atoms with Crippen molar-refractivity contribution >= 4 is 39.1 Å². The zero-order chi connectivity index (χ0) is 30.2. The Morgan fingerprint density at radius 2 is 1.61 bits per heavy atom. The third-order valence-electron chi connectivity index (χ3n) is 7.18. The van der Waals surface area contributed by atoms with E-state index >= 15 is 0 Å². The Hall–Kier alpha value is -3.36. The molecule has 0 aliphatic rings. The van der Waals surface area contributed by atoms with E-state index in [0.29, 0.717) is 29.2 Å². The van der Waals surface area contributed by atoms with Crippen LogP contribution in [0.3, 0.4) is 0 Å². The van der Waals surface area contributed by atoms with Crippen molar-refractivity contribution in [3.8, 4) is 0 Å². The van der Waals surface area contributed by atoms with Gasteiger partial charge in [0, 0.05) is 18.1 Å². The number of halogens is 1. The van der Waals surface area contributed by atoms with Crippen molar-refractivity contribution in [2.24, 2.45) is 0 Å². The van der Waals surface area contributed by atoms with Crippen LogP contribution in [0.25, 0.3) is 0 Å². The van der Waals surface area contributed by atoms with Crippen LogP contribution in [-0.4, -0.2) is 44.3 Å². The summed E-state index contributed by atoms with van der Waals surface area (Å²) in [6.07, 6.45) is 2.08. The van der Waals surface area contributed by atoms with Crippen LogP contribution in [0.15, 0.2) is 71.6 Å². The highest BCUT2D eigenvalue weighted by molar-refractivity contribution is 7.92. The van der Waals surface area contributed by atoms with Crippen molar-refractivity contribution in [3.05, 3.63) is 94.0 Å². The highest BCUT2D eigenvalue weighted by Gasteiger charge is 2.34. The monoisotopic (exact) mass is 597 g/mol. The number of hydrogen-bond acceptors (Lipinski definition) is 4. The van der Waals surface area contributed by atoms with Crippen LogP contribution >= 0.6 is 11.6 Å². The molecule has 0 saturated carbocycles. The first-order valence-corrected chi connectivity index (χ1v) is 15.8. The first-order valence-electron chi connectivity index (χ1n) is 14.0. The minimum atomic E-state index is -4.12. The van der Waals surface area contributed by atoms with Crippen molar-refractivity contribution in [2.75, 3.05) is 17.4 Å². The largest absolute Gasteiger partial charge is 0.354 e. The van der Waals surface area contributed by atoms with Gasteiger partial charge in [0.2, 0.25) is 11.8 Å². The van der Waals surface area contributed by atoms with Gasteiger partial charge in [0.05, 0.1) is 10.6 Å². The first-order chi connectivity index (χ1) is 19.5. The molecule has 0 radical (unpaired) electrons. The fourth-order valence-corrected chi connectivity index (χ4v) is 6.08. The molecule has 9 heteroatoms. The maximum absolute atomic E-state index is 14.2. The topological polar surface area (TPSA) is 86.8 Å². The van der Waals surface area contributed by atoms with Crippen molar-refractivity contribution in [1.29, 1.82) is 0 Å². The molecular formula is C32H40ClN3O4S. The van der Waals surface area contributed by atoms with Crippen molar-refractivity contribution in [3.63, 3.8) is 0 Å². The van der Waals surface area contributed by atoms with Gasteiger partial charge < -0.3 is 10.2 Å². The van der Waals surface area contributed by atoms with Gasteiger partial charge in [0.15, 0.2) is 0 Å². The van der Waals surface area contributed by atoms with Gasteiger partial charge in [-0.3, -0.25) is 13.9 Å². The lowest BCUT2D eigenvalue weighted by Crippen LogP contribution is -2.52. The van der Waals surface area contributed by atoms with Crippen molar-refractivity contribution < 1.29 is 18.0 Å². The summed E-state index contributed by atoms with van der Waals surface area (Å²) in [5.74, 6) is -0.781. The number of carbonyl (C=O) groups excluding carboxylic acids is 2. The van der Waals surface area contributed by atoms with Gasteiger partial charge in [0.25, 0.3) is 10.0 Å². The average molecular weight is 598 g/mol. The van der Waals surface area contributed by atoms with E-state index in [2.05, 4.69) is 5.32 Å². The lowest BCUT2D eigenvalue weighted by atomic mass is 10.1. The Morgan fingerprint density at radius 3 is 2.22 bits per heavy atom. The molecule has 1 N–H and O–H groups in total. The van der Waals surface area contributed by atoms with E-state index in [4.69, 9.17) is 11.6 Å². The van der Waals surface area contributed by atoms with Crippen LogP contribution in [0.2, 0.25) is 5.02 Å². The lowest BCUT2D eigenvalue weighted by molar-refractivity contribution is -0.140. The van der Waals surface area contributed by atoms with E-state index in [1.54, 1.807) is 54.6 Å². The third kappa shape index (κ3) is 8.11. The smallest absolute Gasteiger partial charge is 0.264 e. The average Bonchev–Trinajstić information content (AvgIpc) is 2.94. The van der Waals surface area contributed by atoms with Crippen LogP contribution in [0.4, 0.5) is 5.69 Å². The molecule has 0 aromatic heterocycles. The Balaban J connectivity index is 2.07. The van der Waals surface area contributed by atoms with E-state index in [-0.39, 0.29) is 17.3 Å². The molecule has 3 aromatic carbocycles. The van der Waals surface area contributed by atoms with Gasteiger partial charge in [-0.15, -0.1) is 0 Å². The Kier molecular flexibility index (Phi) is 11.4. The molecule has 7 nitrogen and oxygen atoms in total. The minimum Gasteiger partial charge on any atom is -0.354 e. The van der Waals surface area contributed by atoms with Gasteiger partial charge in [-0.2, -0.15) is 0 Å². The fraction of sp³-hybridized carbons (Fsp3) is 0.375. The van der Waals surface area contributed by atoms with Gasteiger partial charge in [-0.1, -0.05) is 73.8 Å². The first kappa shape index (κ1) is 32.2. The lowest BCUT2D eigenvalue weighted by Gasteiger charge is -2.33. The molecule has 0 heterocycles. The zero-order valence-corrected chi connectivity index (χ0v) is 26.1. The second-order valence-electron chi connectivity index (χ2n) is 10.3. The Bertz CT molecular complexity index is 1460. The molecular weight excluding hydrogens is 558 g/mol. The van der Waals surface area contributed by atoms with Gasteiger partial charge in [-0.25, -0.2) is 8.42 Å². The van der Waals surface area contributed by atoms with E-state index in [9.17, 15) is 18.0 Å². The van der Waals surface area contributed by atoms with E-state index in [1.807, 2.05) is 46.8 Å². The second kappa shape index (κ2) is 14.5. The zero-order valence-electron chi connectivity index (χ0n) is 24.5. The number of sulfonamides is 1. The third-order valence-corrected chi connectivity index (χ3v) is 9.34. The quantitative estimate of drug-likeness (QED) is 0.238. The molecule has 2 amide bonds. The predicted octanol–water partition coefficient (Wildman–Crippen LogP) is 6.18. The maximum Gasteiger partial charge on any atom is 0.264 e. The van der Waals surface area contributed by atoms with Gasteiger partial charge in [0.1, 0.15) is 12.6 Å². The number of aryl methyl sites for hydroxylation is 3. The molecule has 1 atom stereocenters. The number of unbranched alkanes of at least 4 members (excludes halogenated alkanes) is 1. The van der Waals surface area contributed by atoms with Crippen LogP contribution < -0.4 is 9.62 Å². The SMILES string of the molecule is CCCCNC(=O)[C@H](CC)N(Cc1ccccc1Cl)C(=O)CN(c1ccc(C)c(C)c1)S(=O)(=O)c1ccc(C)cc1. The van der Waals surface area contributed by atoms with E-state index in [0.717, 1.165) is 33.8 Å². The second-order valence-corrected chi connectivity index (χ2v) is 12.5. The number of carbonyl (C=O) groups is 2. The van der Waals surface area contributed by atoms with Crippen LogP contribution in [0.5, 0.6) is 0 Å². The normalized spacial score (nSPS) is 12.0. The Labute approximate surface area is 249 Å². The summed E-state index contributed by atoms with van der Waals surface area (Å²) in [7, 11) is -4.12. The number of nitrogens with zero attached hydrogens (tertiary/aromatic N) is 2. The Morgan fingerprint density at radius 1 is 0.927 bits per heavy atom. The molecule has 3 aromatic rings. The molecule has 0 unspecified atom stereocenters. The van der Waals surface area contributed by atoms with E-state index in [1.165, 1.54) is 4.90 Å². The molecule has 0 saturated heterocycles. The minimum absolute atomic E-state index is 0.0591. The number of hydrogen-bond donors (Lipinski definition) is 1. The number of rotatable bonds is 13. The summed E-state index contributed by atoms with van der Waals surface area (Å²) in [4.78, 5) is 29.0. The molecule has 0 fully saturated rings. The summed E-state index contributed by atoms with van der Waals surface area (Å²) >= 11 is 6.46. The molecule has 0 aliphatic carbocycles.